The molecule has 0 amide bonds. The van der Waals surface area contributed by atoms with Crippen LogP contribution in [0.1, 0.15) is 31.0 Å². The van der Waals surface area contributed by atoms with E-state index in [9.17, 15) is 5.11 Å². The van der Waals surface area contributed by atoms with Crippen molar-refractivity contribution in [1.82, 2.24) is 19.9 Å². The van der Waals surface area contributed by atoms with Crippen LogP contribution < -0.4 is 5.32 Å². The van der Waals surface area contributed by atoms with E-state index in [1.165, 1.54) is 0 Å². The van der Waals surface area contributed by atoms with E-state index in [-0.39, 0.29) is 6.61 Å². The molecular weight excluding hydrogens is 314 g/mol. The Morgan fingerprint density at radius 3 is 3.00 bits per heavy atom. The van der Waals surface area contributed by atoms with Crippen molar-refractivity contribution in [2.24, 2.45) is 5.92 Å². The number of pyridine rings is 2. The number of hydrogen-bond donors (Lipinski definition) is 3. The smallest absolute Gasteiger partial charge is 0.139 e. The van der Waals surface area contributed by atoms with Gasteiger partial charge in [-0.15, -0.1) is 0 Å². The minimum Gasteiger partial charge on any atom is -0.396 e. The first kappa shape index (κ1) is 14.6. The molecule has 0 bridgehead atoms. The Labute approximate surface area is 145 Å². The standard InChI is InChI=1S/C19H19N5O/c25-10-11-3-4-12(8-11)18-23-16-13-5-7-20-9-15(13)22-19-14(17(16)24-18)2-1-6-21-19/h1-2,5-7,9,11-12,25H,3-4,8,10H2,(H,21,22)(H,23,24). The normalized spacial score (nSPS) is 21.0. The number of nitrogens with one attached hydrogen (secondary N) is 2. The van der Waals surface area contributed by atoms with Gasteiger partial charge in [-0.3, -0.25) is 4.98 Å². The highest BCUT2D eigenvalue weighted by Gasteiger charge is 2.30. The molecule has 3 N–H and O–H groups in total. The van der Waals surface area contributed by atoms with Crippen molar-refractivity contribution in [1.29, 1.82) is 0 Å². The highest BCUT2D eigenvalue weighted by molar-refractivity contribution is 5.94. The van der Waals surface area contributed by atoms with Crippen molar-refractivity contribution in [3.05, 3.63) is 42.6 Å². The highest BCUT2D eigenvalue weighted by Crippen LogP contribution is 2.44. The molecule has 5 rings (SSSR count). The van der Waals surface area contributed by atoms with Crippen LogP contribution in [0.5, 0.6) is 0 Å². The van der Waals surface area contributed by atoms with Gasteiger partial charge >= 0.3 is 0 Å². The Hall–Kier alpha value is -2.73. The summed E-state index contributed by atoms with van der Waals surface area (Å²) < 4.78 is 0. The van der Waals surface area contributed by atoms with Crippen LogP contribution in [0.4, 0.5) is 11.5 Å². The lowest BCUT2D eigenvalue weighted by Crippen LogP contribution is -2.02. The number of aliphatic hydroxyl groups is 1. The van der Waals surface area contributed by atoms with E-state index < -0.39 is 0 Å². The van der Waals surface area contributed by atoms with Crippen molar-refractivity contribution in [3.8, 4) is 22.5 Å². The molecule has 0 saturated heterocycles. The number of hydrogen-bond acceptors (Lipinski definition) is 5. The monoisotopic (exact) mass is 333 g/mol. The SMILES string of the molecule is OCC1CCC(c2nc3c([nH]2)-c2ccncc2Nc2ncccc2-3)C1. The lowest BCUT2D eigenvalue weighted by Gasteiger charge is -2.09. The summed E-state index contributed by atoms with van der Waals surface area (Å²) >= 11 is 0. The maximum absolute atomic E-state index is 9.44. The number of aromatic amines is 1. The second-order valence-corrected chi connectivity index (χ2v) is 6.85. The molecule has 2 atom stereocenters. The van der Waals surface area contributed by atoms with E-state index >= 15 is 0 Å². The van der Waals surface area contributed by atoms with E-state index in [4.69, 9.17) is 4.98 Å². The molecular formula is C19H19N5O. The molecule has 126 valence electrons. The molecule has 0 spiro atoms. The molecule has 4 heterocycles. The summed E-state index contributed by atoms with van der Waals surface area (Å²) in [5.74, 6) is 2.58. The zero-order valence-electron chi connectivity index (χ0n) is 13.7. The quantitative estimate of drug-likeness (QED) is 0.523. The van der Waals surface area contributed by atoms with Crippen LogP contribution in [-0.4, -0.2) is 31.6 Å². The molecule has 25 heavy (non-hydrogen) atoms. The number of anilines is 2. The Morgan fingerprint density at radius 1 is 1.16 bits per heavy atom. The average Bonchev–Trinajstić information content (AvgIpc) is 3.27. The summed E-state index contributed by atoms with van der Waals surface area (Å²) in [6, 6.07) is 5.98. The zero-order valence-corrected chi connectivity index (χ0v) is 13.7. The molecule has 2 unspecified atom stereocenters. The zero-order chi connectivity index (χ0) is 16.8. The first-order valence-electron chi connectivity index (χ1n) is 8.71. The average molecular weight is 333 g/mol. The molecule has 6 nitrogen and oxygen atoms in total. The minimum atomic E-state index is 0.266. The van der Waals surface area contributed by atoms with Gasteiger partial charge in [0, 0.05) is 36.0 Å². The minimum absolute atomic E-state index is 0.266. The maximum atomic E-state index is 9.44. The fourth-order valence-electron chi connectivity index (χ4n) is 4.00. The van der Waals surface area contributed by atoms with Gasteiger partial charge in [0.1, 0.15) is 17.3 Å². The van der Waals surface area contributed by atoms with Gasteiger partial charge in [0.05, 0.1) is 17.6 Å². The van der Waals surface area contributed by atoms with E-state index in [0.717, 1.165) is 59.1 Å². The Kier molecular flexibility index (Phi) is 3.31. The molecule has 0 aromatic carbocycles. The van der Waals surface area contributed by atoms with E-state index in [2.05, 4.69) is 20.3 Å². The lowest BCUT2D eigenvalue weighted by molar-refractivity contribution is 0.228. The Bertz CT molecular complexity index is 872. The summed E-state index contributed by atoms with van der Waals surface area (Å²) in [5, 5.41) is 12.8. The largest absolute Gasteiger partial charge is 0.396 e. The number of aromatic nitrogens is 4. The predicted molar refractivity (Wildman–Crippen MR) is 95.5 cm³/mol. The van der Waals surface area contributed by atoms with Gasteiger partial charge in [0.15, 0.2) is 0 Å². The van der Waals surface area contributed by atoms with E-state index in [1.807, 2.05) is 24.4 Å². The molecule has 3 aromatic rings. The van der Waals surface area contributed by atoms with Crippen molar-refractivity contribution >= 4 is 11.5 Å². The third-order valence-corrected chi connectivity index (χ3v) is 5.31. The van der Waals surface area contributed by atoms with Crippen LogP contribution >= 0.6 is 0 Å². The van der Waals surface area contributed by atoms with Crippen LogP contribution in [0.15, 0.2) is 36.8 Å². The van der Waals surface area contributed by atoms with Gasteiger partial charge in [0.2, 0.25) is 0 Å². The highest BCUT2D eigenvalue weighted by atomic mass is 16.3. The molecule has 1 aliphatic carbocycles. The lowest BCUT2D eigenvalue weighted by atomic mass is 10.1. The first-order valence-corrected chi connectivity index (χ1v) is 8.71. The number of imidazole rings is 1. The molecule has 1 aliphatic heterocycles. The van der Waals surface area contributed by atoms with Gasteiger partial charge in [-0.05, 0) is 43.4 Å². The second kappa shape index (κ2) is 5.67. The van der Waals surface area contributed by atoms with Gasteiger partial charge in [-0.2, -0.15) is 0 Å². The van der Waals surface area contributed by atoms with Crippen LogP contribution in [0.3, 0.4) is 0 Å². The summed E-state index contributed by atoms with van der Waals surface area (Å²) in [5.41, 5.74) is 4.92. The van der Waals surface area contributed by atoms with Gasteiger partial charge in [-0.25, -0.2) is 9.97 Å². The van der Waals surface area contributed by atoms with E-state index in [0.29, 0.717) is 11.8 Å². The molecule has 2 aliphatic rings. The first-order chi connectivity index (χ1) is 12.3. The van der Waals surface area contributed by atoms with Crippen molar-refractivity contribution < 1.29 is 5.11 Å². The van der Waals surface area contributed by atoms with Gasteiger partial charge < -0.3 is 15.4 Å². The predicted octanol–water partition coefficient (Wildman–Crippen LogP) is 3.47. The second-order valence-electron chi connectivity index (χ2n) is 6.85. The number of fused-ring (bicyclic) bond motifs is 5. The van der Waals surface area contributed by atoms with E-state index in [1.54, 1.807) is 12.4 Å². The fourth-order valence-corrected chi connectivity index (χ4v) is 4.00. The van der Waals surface area contributed by atoms with Crippen LogP contribution in [0.25, 0.3) is 22.5 Å². The number of rotatable bonds is 2. The molecule has 1 fully saturated rings. The van der Waals surface area contributed by atoms with Gasteiger partial charge in [0.25, 0.3) is 0 Å². The van der Waals surface area contributed by atoms with Crippen molar-refractivity contribution in [2.45, 2.75) is 25.2 Å². The summed E-state index contributed by atoms with van der Waals surface area (Å²) in [6.07, 6.45) is 8.52. The Morgan fingerprint density at radius 2 is 2.12 bits per heavy atom. The van der Waals surface area contributed by atoms with Crippen molar-refractivity contribution in [2.75, 3.05) is 11.9 Å². The van der Waals surface area contributed by atoms with Crippen molar-refractivity contribution in [3.63, 3.8) is 0 Å². The van der Waals surface area contributed by atoms with Crippen LogP contribution in [0, 0.1) is 5.92 Å². The van der Waals surface area contributed by atoms with Gasteiger partial charge in [-0.1, -0.05) is 0 Å². The third kappa shape index (κ3) is 2.33. The topological polar surface area (TPSA) is 86.7 Å². The number of H-pyrrole nitrogens is 1. The molecule has 1 saturated carbocycles. The summed E-state index contributed by atoms with van der Waals surface area (Å²) in [6.45, 7) is 0.266. The number of nitrogens with zero attached hydrogens (tertiary/aromatic N) is 3. The molecule has 0 radical (unpaired) electrons. The maximum Gasteiger partial charge on any atom is 0.139 e. The van der Waals surface area contributed by atoms with Crippen LogP contribution in [-0.2, 0) is 0 Å². The summed E-state index contributed by atoms with van der Waals surface area (Å²) in [7, 11) is 0. The fraction of sp³-hybridized carbons (Fsp3) is 0.316. The third-order valence-electron chi connectivity index (χ3n) is 5.31. The van der Waals surface area contributed by atoms with Crippen LogP contribution in [0.2, 0.25) is 0 Å². The molecule has 3 aromatic heterocycles. The Balaban J connectivity index is 1.67. The number of aliphatic hydroxyl groups excluding tert-OH is 1. The molecule has 6 heteroatoms. The summed E-state index contributed by atoms with van der Waals surface area (Å²) in [4.78, 5) is 17.3.